The van der Waals surface area contributed by atoms with E-state index >= 15 is 0 Å². The molecule has 0 saturated carbocycles. The van der Waals surface area contributed by atoms with Gasteiger partial charge in [0, 0.05) is 19.6 Å². The first kappa shape index (κ1) is 14.1. The number of hydrogen-bond donors (Lipinski definition) is 1. The molecule has 1 unspecified atom stereocenters. The molecule has 0 radical (unpaired) electrons. The number of benzene rings is 1. The van der Waals surface area contributed by atoms with Crippen LogP contribution in [0.15, 0.2) is 24.3 Å². The predicted octanol–water partition coefficient (Wildman–Crippen LogP) is 2.80. The second kappa shape index (κ2) is 7.41. The Morgan fingerprint density at radius 1 is 1.18 bits per heavy atom. The summed E-state index contributed by atoms with van der Waals surface area (Å²) >= 11 is 0. The Morgan fingerprint density at radius 2 is 1.82 bits per heavy atom. The molecule has 0 aliphatic heterocycles. The normalized spacial score (nSPS) is 13.0. The van der Waals surface area contributed by atoms with Crippen molar-refractivity contribution in [3.05, 3.63) is 35.6 Å². The molecular weight excluding hydrogens is 217 g/mol. The molecule has 17 heavy (non-hydrogen) atoms. The lowest BCUT2D eigenvalue weighted by Crippen LogP contribution is -2.27. The summed E-state index contributed by atoms with van der Waals surface area (Å²) in [6, 6.07) is 6.66. The Balaban J connectivity index is 2.55. The molecule has 0 amide bonds. The molecule has 1 aromatic rings. The standard InChI is InChI=1S/C14H22FNO/c1-11(2)8-16-9-13(10-17-3)12-4-6-14(15)7-5-12/h4-7,11,13,16H,8-10H2,1-3H3. The maximum Gasteiger partial charge on any atom is 0.123 e. The molecule has 1 aromatic carbocycles. The monoisotopic (exact) mass is 239 g/mol. The third kappa shape index (κ3) is 5.29. The van der Waals surface area contributed by atoms with Gasteiger partial charge in [-0.3, -0.25) is 0 Å². The topological polar surface area (TPSA) is 21.3 Å². The van der Waals surface area contributed by atoms with E-state index in [-0.39, 0.29) is 11.7 Å². The minimum Gasteiger partial charge on any atom is -0.384 e. The Morgan fingerprint density at radius 3 is 2.35 bits per heavy atom. The first-order chi connectivity index (χ1) is 8.13. The van der Waals surface area contributed by atoms with E-state index in [0.29, 0.717) is 12.5 Å². The summed E-state index contributed by atoms with van der Waals surface area (Å²) in [7, 11) is 1.69. The van der Waals surface area contributed by atoms with Crippen LogP contribution in [0.2, 0.25) is 0 Å². The molecule has 1 atom stereocenters. The van der Waals surface area contributed by atoms with E-state index in [1.165, 1.54) is 12.1 Å². The summed E-state index contributed by atoms with van der Waals surface area (Å²) < 4.78 is 18.1. The van der Waals surface area contributed by atoms with Crippen molar-refractivity contribution in [2.75, 3.05) is 26.8 Å². The highest BCUT2D eigenvalue weighted by molar-refractivity contribution is 5.21. The largest absolute Gasteiger partial charge is 0.384 e. The molecule has 0 aliphatic rings. The van der Waals surface area contributed by atoms with E-state index in [1.807, 2.05) is 12.1 Å². The van der Waals surface area contributed by atoms with Crippen LogP contribution in [-0.2, 0) is 4.74 Å². The fourth-order valence-corrected chi connectivity index (χ4v) is 1.76. The molecule has 1 rings (SSSR count). The number of nitrogens with one attached hydrogen (secondary N) is 1. The molecular formula is C14H22FNO. The van der Waals surface area contributed by atoms with Gasteiger partial charge in [-0.2, -0.15) is 0 Å². The van der Waals surface area contributed by atoms with Gasteiger partial charge in [0.05, 0.1) is 6.61 Å². The van der Waals surface area contributed by atoms with Crippen LogP contribution in [0.25, 0.3) is 0 Å². The van der Waals surface area contributed by atoms with Crippen LogP contribution in [0.4, 0.5) is 4.39 Å². The Hall–Kier alpha value is -0.930. The maximum absolute atomic E-state index is 12.8. The predicted molar refractivity (Wildman–Crippen MR) is 68.7 cm³/mol. The molecule has 2 nitrogen and oxygen atoms in total. The zero-order valence-corrected chi connectivity index (χ0v) is 10.9. The van der Waals surface area contributed by atoms with Crippen LogP contribution in [0.3, 0.4) is 0 Å². The molecule has 0 heterocycles. The fraction of sp³-hybridized carbons (Fsp3) is 0.571. The van der Waals surface area contributed by atoms with Gasteiger partial charge < -0.3 is 10.1 Å². The van der Waals surface area contributed by atoms with Crippen molar-refractivity contribution in [1.29, 1.82) is 0 Å². The zero-order valence-electron chi connectivity index (χ0n) is 10.9. The molecule has 0 fully saturated rings. The number of rotatable bonds is 7. The van der Waals surface area contributed by atoms with Gasteiger partial charge in [-0.15, -0.1) is 0 Å². The van der Waals surface area contributed by atoms with Crippen LogP contribution in [-0.4, -0.2) is 26.8 Å². The van der Waals surface area contributed by atoms with Crippen LogP contribution in [0.5, 0.6) is 0 Å². The van der Waals surface area contributed by atoms with Crippen molar-refractivity contribution < 1.29 is 9.13 Å². The third-order valence-corrected chi connectivity index (χ3v) is 2.65. The van der Waals surface area contributed by atoms with Crippen LogP contribution in [0.1, 0.15) is 25.3 Å². The van der Waals surface area contributed by atoms with E-state index in [4.69, 9.17) is 4.74 Å². The minimum absolute atomic E-state index is 0.194. The lowest BCUT2D eigenvalue weighted by Gasteiger charge is -2.18. The van der Waals surface area contributed by atoms with Gasteiger partial charge in [0.1, 0.15) is 5.82 Å². The van der Waals surface area contributed by atoms with Crippen molar-refractivity contribution in [2.24, 2.45) is 5.92 Å². The number of ether oxygens (including phenoxy) is 1. The molecule has 96 valence electrons. The quantitative estimate of drug-likeness (QED) is 0.790. The summed E-state index contributed by atoms with van der Waals surface area (Å²) in [6.07, 6.45) is 0. The highest BCUT2D eigenvalue weighted by Gasteiger charge is 2.11. The molecule has 0 aliphatic carbocycles. The summed E-state index contributed by atoms with van der Waals surface area (Å²) in [6.45, 7) is 6.85. The van der Waals surface area contributed by atoms with Crippen molar-refractivity contribution in [2.45, 2.75) is 19.8 Å². The molecule has 0 bridgehead atoms. The van der Waals surface area contributed by atoms with E-state index in [2.05, 4.69) is 19.2 Å². The van der Waals surface area contributed by atoms with Gasteiger partial charge in [0.25, 0.3) is 0 Å². The average molecular weight is 239 g/mol. The van der Waals surface area contributed by atoms with E-state index < -0.39 is 0 Å². The molecule has 3 heteroatoms. The molecule has 0 spiro atoms. The summed E-state index contributed by atoms with van der Waals surface area (Å²) in [4.78, 5) is 0. The zero-order chi connectivity index (χ0) is 12.7. The Labute approximate surface area is 103 Å². The van der Waals surface area contributed by atoms with Gasteiger partial charge >= 0.3 is 0 Å². The second-order valence-electron chi connectivity index (χ2n) is 4.76. The average Bonchev–Trinajstić information content (AvgIpc) is 2.29. The van der Waals surface area contributed by atoms with Crippen LogP contribution >= 0.6 is 0 Å². The van der Waals surface area contributed by atoms with Crippen LogP contribution < -0.4 is 5.32 Å². The third-order valence-electron chi connectivity index (χ3n) is 2.65. The smallest absolute Gasteiger partial charge is 0.123 e. The number of halogens is 1. The summed E-state index contributed by atoms with van der Waals surface area (Å²) in [5.41, 5.74) is 1.12. The SMILES string of the molecule is COCC(CNCC(C)C)c1ccc(F)cc1. The lowest BCUT2D eigenvalue weighted by molar-refractivity contribution is 0.177. The van der Waals surface area contributed by atoms with Gasteiger partial charge in [0.2, 0.25) is 0 Å². The molecule has 0 aromatic heterocycles. The first-order valence-electron chi connectivity index (χ1n) is 6.08. The Bertz CT molecular complexity index is 311. The summed E-state index contributed by atoms with van der Waals surface area (Å²) in [5, 5.41) is 3.41. The van der Waals surface area contributed by atoms with E-state index in [1.54, 1.807) is 7.11 Å². The van der Waals surface area contributed by atoms with Gasteiger partial charge in [0.15, 0.2) is 0 Å². The van der Waals surface area contributed by atoms with Gasteiger partial charge in [-0.25, -0.2) is 4.39 Å². The lowest BCUT2D eigenvalue weighted by atomic mass is 9.99. The van der Waals surface area contributed by atoms with Crippen molar-refractivity contribution in [3.8, 4) is 0 Å². The molecule has 1 N–H and O–H groups in total. The van der Waals surface area contributed by atoms with Crippen LogP contribution in [0, 0.1) is 11.7 Å². The number of methoxy groups -OCH3 is 1. The Kier molecular flexibility index (Phi) is 6.16. The maximum atomic E-state index is 12.8. The second-order valence-corrected chi connectivity index (χ2v) is 4.76. The number of hydrogen-bond acceptors (Lipinski definition) is 2. The fourth-order valence-electron chi connectivity index (χ4n) is 1.76. The highest BCUT2D eigenvalue weighted by atomic mass is 19.1. The van der Waals surface area contributed by atoms with Gasteiger partial charge in [-0.1, -0.05) is 26.0 Å². The minimum atomic E-state index is -0.194. The van der Waals surface area contributed by atoms with Crippen molar-refractivity contribution >= 4 is 0 Å². The van der Waals surface area contributed by atoms with E-state index in [9.17, 15) is 4.39 Å². The van der Waals surface area contributed by atoms with Crippen molar-refractivity contribution in [3.63, 3.8) is 0 Å². The summed E-state index contributed by atoms with van der Waals surface area (Å²) in [5.74, 6) is 0.714. The first-order valence-corrected chi connectivity index (χ1v) is 6.08. The van der Waals surface area contributed by atoms with Gasteiger partial charge in [-0.05, 0) is 30.2 Å². The highest BCUT2D eigenvalue weighted by Crippen LogP contribution is 2.16. The molecule has 0 saturated heterocycles. The van der Waals surface area contributed by atoms with Crippen molar-refractivity contribution in [1.82, 2.24) is 5.32 Å². The van der Waals surface area contributed by atoms with E-state index in [0.717, 1.165) is 18.7 Å².